The Bertz CT molecular complexity index is 336. The van der Waals surface area contributed by atoms with E-state index in [0.717, 1.165) is 17.8 Å². The summed E-state index contributed by atoms with van der Waals surface area (Å²) in [6, 6.07) is 0. The summed E-state index contributed by atoms with van der Waals surface area (Å²) >= 11 is 0. The third kappa shape index (κ3) is 4.31. The topological polar surface area (TPSA) is 51.0 Å². The summed E-state index contributed by atoms with van der Waals surface area (Å²) in [5, 5.41) is 11.1. The van der Waals surface area contributed by atoms with Crippen molar-refractivity contribution in [2.24, 2.45) is 5.41 Å². The maximum atomic E-state index is 4.67. The quantitative estimate of drug-likeness (QED) is 0.856. The van der Waals surface area contributed by atoms with Crippen molar-refractivity contribution >= 4 is 0 Å². The van der Waals surface area contributed by atoms with Gasteiger partial charge in [0.1, 0.15) is 11.4 Å². The predicted octanol–water partition coefficient (Wildman–Crippen LogP) is 2.68. The van der Waals surface area contributed by atoms with E-state index in [0.29, 0.717) is 12.0 Å². The molecule has 4 heteroatoms. The van der Waals surface area contributed by atoms with E-state index in [4.69, 9.17) is 0 Å². The summed E-state index contributed by atoms with van der Waals surface area (Å²) in [5.74, 6) is 0. The zero-order valence-corrected chi connectivity index (χ0v) is 11.2. The normalized spacial score (nSPS) is 13.1. The number of aryl methyl sites for hydroxylation is 1. The molecule has 0 aromatic carbocycles. The van der Waals surface area contributed by atoms with Gasteiger partial charge in [0.15, 0.2) is 0 Å². The van der Waals surface area contributed by atoms with Crippen molar-refractivity contribution < 1.29 is 4.63 Å². The second kappa shape index (κ2) is 4.53. The summed E-state index contributed by atoms with van der Waals surface area (Å²) in [6.45, 7) is 13.8. The molecule has 1 rings (SSSR count). The molecule has 0 saturated carbocycles. The van der Waals surface area contributed by atoms with E-state index in [1.54, 1.807) is 0 Å². The first-order chi connectivity index (χ1) is 7.20. The fourth-order valence-electron chi connectivity index (χ4n) is 2.12. The predicted molar refractivity (Wildman–Crippen MR) is 64.0 cm³/mol. The molecule has 16 heavy (non-hydrogen) atoms. The van der Waals surface area contributed by atoms with E-state index in [1.165, 1.54) is 0 Å². The summed E-state index contributed by atoms with van der Waals surface area (Å²) in [7, 11) is 0. The first-order valence-corrected chi connectivity index (χ1v) is 5.73. The molecule has 0 radical (unpaired) electrons. The Labute approximate surface area is 97.8 Å². The summed E-state index contributed by atoms with van der Waals surface area (Å²) < 4.78 is 4.67. The molecule has 0 fully saturated rings. The molecule has 4 nitrogen and oxygen atoms in total. The molecular formula is C12H23N3O. The minimum Gasteiger partial charge on any atom is -0.306 e. The average molecular weight is 225 g/mol. The average Bonchev–Trinajstić information content (AvgIpc) is 2.43. The van der Waals surface area contributed by atoms with E-state index in [1.807, 2.05) is 6.92 Å². The second-order valence-electron chi connectivity index (χ2n) is 6.27. The zero-order chi connectivity index (χ0) is 12.4. The van der Waals surface area contributed by atoms with Gasteiger partial charge in [-0.15, -0.1) is 0 Å². The number of hydrogen-bond donors (Lipinski definition) is 1. The highest BCUT2D eigenvalue weighted by Gasteiger charge is 2.25. The van der Waals surface area contributed by atoms with Gasteiger partial charge >= 0.3 is 0 Å². The Kier molecular flexibility index (Phi) is 3.73. The molecule has 1 heterocycles. The van der Waals surface area contributed by atoms with E-state index in [9.17, 15) is 0 Å². The molecule has 0 aliphatic rings. The first kappa shape index (κ1) is 13.2. The van der Waals surface area contributed by atoms with Gasteiger partial charge in [0.25, 0.3) is 0 Å². The number of nitrogens with zero attached hydrogens (tertiary/aromatic N) is 2. The van der Waals surface area contributed by atoms with Crippen LogP contribution in [0.3, 0.4) is 0 Å². The molecule has 1 N–H and O–H groups in total. The fourth-order valence-corrected chi connectivity index (χ4v) is 2.12. The highest BCUT2D eigenvalue weighted by molar-refractivity contribution is 5.04. The summed E-state index contributed by atoms with van der Waals surface area (Å²) in [4.78, 5) is 0. The lowest BCUT2D eigenvalue weighted by molar-refractivity contribution is 0.237. The van der Waals surface area contributed by atoms with Crippen molar-refractivity contribution in [1.82, 2.24) is 15.6 Å². The molecule has 0 aliphatic heterocycles. The number of rotatable bonds is 4. The zero-order valence-electron chi connectivity index (χ0n) is 11.2. The van der Waals surface area contributed by atoms with E-state index in [-0.39, 0.29) is 5.54 Å². The maximum Gasteiger partial charge on any atom is 0.121 e. The van der Waals surface area contributed by atoms with Crippen molar-refractivity contribution in [2.75, 3.05) is 0 Å². The second-order valence-corrected chi connectivity index (χ2v) is 6.27. The minimum absolute atomic E-state index is 0.0869. The summed E-state index contributed by atoms with van der Waals surface area (Å²) in [6.07, 6.45) is 1.10. The lowest BCUT2D eigenvalue weighted by Gasteiger charge is -2.33. The van der Waals surface area contributed by atoms with Crippen LogP contribution in [0, 0.1) is 12.3 Å². The van der Waals surface area contributed by atoms with Gasteiger partial charge in [-0.1, -0.05) is 31.1 Å². The molecule has 1 aromatic rings. The highest BCUT2D eigenvalue weighted by Crippen LogP contribution is 2.26. The molecule has 0 bridgehead atoms. The van der Waals surface area contributed by atoms with Gasteiger partial charge in [0.2, 0.25) is 0 Å². The number of hydrogen-bond acceptors (Lipinski definition) is 4. The number of nitrogens with one attached hydrogen (secondary N) is 1. The molecule has 92 valence electrons. The largest absolute Gasteiger partial charge is 0.306 e. The van der Waals surface area contributed by atoms with Crippen LogP contribution in [0.4, 0.5) is 0 Å². The molecule has 0 aliphatic carbocycles. The first-order valence-electron chi connectivity index (χ1n) is 5.73. The van der Waals surface area contributed by atoms with Gasteiger partial charge in [-0.2, -0.15) is 0 Å². The van der Waals surface area contributed by atoms with Crippen LogP contribution < -0.4 is 5.32 Å². The van der Waals surface area contributed by atoms with Gasteiger partial charge in [-0.05, 0) is 32.6 Å². The highest BCUT2D eigenvalue weighted by atomic mass is 16.6. The van der Waals surface area contributed by atoms with Crippen molar-refractivity contribution in [3.63, 3.8) is 0 Å². The smallest absolute Gasteiger partial charge is 0.121 e. The molecule has 0 saturated heterocycles. The van der Waals surface area contributed by atoms with Crippen LogP contribution in [0.1, 0.15) is 52.4 Å². The van der Waals surface area contributed by atoms with E-state index in [2.05, 4.69) is 54.9 Å². The Morgan fingerprint density at radius 1 is 1.12 bits per heavy atom. The molecule has 0 atom stereocenters. The Morgan fingerprint density at radius 2 is 1.75 bits per heavy atom. The maximum absolute atomic E-state index is 4.67. The lowest BCUT2D eigenvalue weighted by atomic mass is 9.82. The van der Waals surface area contributed by atoms with E-state index < -0.39 is 0 Å². The van der Waals surface area contributed by atoms with Crippen LogP contribution in [-0.2, 0) is 6.54 Å². The van der Waals surface area contributed by atoms with Crippen LogP contribution in [0.2, 0.25) is 0 Å². The van der Waals surface area contributed by atoms with E-state index >= 15 is 0 Å². The van der Waals surface area contributed by atoms with Crippen LogP contribution in [0.15, 0.2) is 4.63 Å². The lowest BCUT2D eigenvalue weighted by Crippen LogP contribution is -2.42. The van der Waals surface area contributed by atoms with Crippen molar-refractivity contribution in [3.8, 4) is 0 Å². The van der Waals surface area contributed by atoms with Gasteiger partial charge in [0, 0.05) is 12.1 Å². The molecule has 0 amide bonds. The summed E-state index contributed by atoms with van der Waals surface area (Å²) in [5.41, 5.74) is 2.15. The standard InChI is InChI=1S/C12H23N3O/c1-9-10(15-16-14-9)7-13-12(5,6)8-11(2,3)4/h13H,7-8H2,1-6H3. The molecular weight excluding hydrogens is 202 g/mol. The molecule has 1 aromatic heterocycles. The van der Waals surface area contributed by atoms with Crippen molar-refractivity contribution in [1.29, 1.82) is 0 Å². The van der Waals surface area contributed by atoms with Crippen molar-refractivity contribution in [2.45, 2.75) is 60.0 Å². The van der Waals surface area contributed by atoms with Crippen LogP contribution in [0.25, 0.3) is 0 Å². The van der Waals surface area contributed by atoms with Crippen LogP contribution in [0.5, 0.6) is 0 Å². The van der Waals surface area contributed by atoms with Gasteiger partial charge in [0.05, 0.1) is 0 Å². The van der Waals surface area contributed by atoms with Gasteiger partial charge in [-0.25, -0.2) is 4.63 Å². The Hall–Kier alpha value is -0.900. The minimum atomic E-state index is 0.0869. The SMILES string of the molecule is Cc1nonc1CNC(C)(C)CC(C)(C)C. The molecule has 0 unspecified atom stereocenters. The Balaban J connectivity index is 2.51. The monoisotopic (exact) mass is 225 g/mol. The van der Waals surface area contributed by atoms with Gasteiger partial charge in [-0.3, -0.25) is 0 Å². The third-order valence-corrected chi connectivity index (χ3v) is 2.45. The van der Waals surface area contributed by atoms with Crippen LogP contribution >= 0.6 is 0 Å². The van der Waals surface area contributed by atoms with Crippen molar-refractivity contribution in [3.05, 3.63) is 11.4 Å². The Morgan fingerprint density at radius 3 is 2.19 bits per heavy atom. The number of aromatic nitrogens is 2. The third-order valence-electron chi connectivity index (χ3n) is 2.45. The fraction of sp³-hybridized carbons (Fsp3) is 0.833. The molecule has 0 spiro atoms. The van der Waals surface area contributed by atoms with Crippen LogP contribution in [-0.4, -0.2) is 15.9 Å². The van der Waals surface area contributed by atoms with Gasteiger partial charge < -0.3 is 5.32 Å².